The van der Waals surface area contributed by atoms with Crippen molar-refractivity contribution < 1.29 is 9.53 Å². The van der Waals surface area contributed by atoms with E-state index >= 15 is 0 Å². The van der Waals surface area contributed by atoms with Crippen LogP contribution in [0.15, 0.2) is 36.4 Å². The minimum atomic E-state index is -0.163. The zero-order valence-corrected chi connectivity index (χ0v) is 11.1. The number of aryl methyl sites for hydroxylation is 1. The molecule has 1 aliphatic heterocycles. The monoisotopic (exact) mass is 269 g/mol. The van der Waals surface area contributed by atoms with E-state index in [1.54, 1.807) is 12.1 Å². The van der Waals surface area contributed by atoms with E-state index in [0.717, 1.165) is 16.9 Å². The zero-order valence-electron chi connectivity index (χ0n) is 11.1. The van der Waals surface area contributed by atoms with Crippen molar-refractivity contribution in [3.8, 4) is 5.75 Å². The van der Waals surface area contributed by atoms with Crippen molar-refractivity contribution in [3.63, 3.8) is 0 Å². The molecule has 0 saturated carbocycles. The van der Waals surface area contributed by atoms with Gasteiger partial charge in [-0.2, -0.15) is 0 Å². The Labute approximate surface area is 116 Å². The summed E-state index contributed by atoms with van der Waals surface area (Å²) < 4.78 is 5.33. The number of ether oxygens (including phenoxy) is 1. The molecule has 0 saturated heterocycles. The number of nitrogen functional groups attached to an aromatic ring is 1. The highest BCUT2D eigenvalue weighted by molar-refractivity contribution is 5.97. The normalized spacial score (nSPS) is 13.2. The van der Waals surface area contributed by atoms with Gasteiger partial charge in [-0.05, 0) is 24.6 Å². The predicted octanol–water partition coefficient (Wildman–Crippen LogP) is 2.65. The highest BCUT2D eigenvalue weighted by atomic mass is 16.5. The molecule has 0 aliphatic carbocycles. The molecule has 2 aromatic carbocycles. The quantitative estimate of drug-likeness (QED) is 0.732. The highest BCUT2D eigenvalue weighted by Crippen LogP contribution is 2.36. The summed E-state index contributed by atoms with van der Waals surface area (Å²) in [5, 5.41) is 6.04. The van der Waals surface area contributed by atoms with Crippen LogP contribution in [-0.2, 0) is 4.79 Å². The lowest BCUT2D eigenvalue weighted by Crippen LogP contribution is -2.25. The molecule has 1 heterocycles. The summed E-state index contributed by atoms with van der Waals surface area (Å²) in [6.45, 7) is 2.04. The topological polar surface area (TPSA) is 76.4 Å². The van der Waals surface area contributed by atoms with Gasteiger partial charge in [0.25, 0.3) is 5.91 Å². The van der Waals surface area contributed by atoms with Crippen molar-refractivity contribution in [2.24, 2.45) is 0 Å². The molecule has 0 spiro atoms. The van der Waals surface area contributed by atoms with Crippen LogP contribution in [0, 0.1) is 6.92 Å². The van der Waals surface area contributed by atoms with Crippen LogP contribution in [0.5, 0.6) is 5.75 Å². The lowest BCUT2D eigenvalue weighted by atomic mass is 10.1. The van der Waals surface area contributed by atoms with Gasteiger partial charge in [-0.1, -0.05) is 18.2 Å². The fourth-order valence-corrected chi connectivity index (χ4v) is 2.11. The number of hydrogen-bond donors (Lipinski definition) is 3. The lowest BCUT2D eigenvalue weighted by Gasteiger charge is -2.20. The average Bonchev–Trinajstić information content (AvgIpc) is 2.42. The second-order valence-electron chi connectivity index (χ2n) is 4.71. The van der Waals surface area contributed by atoms with Gasteiger partial charge in [0.1, 0.15) is 5.75 Å². The molecule has 3 rings (SSSR count). The number of rotatable bonds is 2. The predicted molar refractivity (Wildman–Crippen MR) is 79.4 cm³/mol. The van der Waals surface area contributed by atoms with Gasteiger partial charge in [0, 0.05) is 11.8 Å². The van der Waals surface area contributed by atoms with Crippen LogP contribution in [-0.4, -0.2) is 12.5 Å². The van der Waals surface area contributed by atoms with Crippen molar-refractivity contribution in [1.82, 2.24) is 0 Å². The van der Waals surface area contributed by atoms with Crippen LogP contribution in [0.3, 0.4) is 0 Å². The van der Waals surface area contributed by atoms with E-state index in [0.29, 0.717) is 17.1 Å². The molecular weight excluding hydrogens is 254 g/mol. The van der Waals surface area contributed by atoms with Crippen LogP contribution in [0.4, 0.5) is 22.7 Å². The number of anilines is 4. The Hall–Kier alpha value is -2.69. The second kappa shape index (κ2) is 4.77. The zero-order chi connectivity index (χ0) is 14.1. The summed E-state index contributed by atoms with van der Waals surface area (Å²) in [4.78, 5) is 11.3. The fourth-order valence-electron chi connectivity index (χ4n) is 2.11. The van der Waals surface area contributed by atoms with Crippen molar-refractivity contribution in [2.45, 2.75) is 6.92 Å². The first-order valence-corrected chi connectivity index (χ1v) is 6.32. The minimum Gasteiger partial charge on any atom is -0.482 e. The number of amides is 1. The molecule has 0 radical (unpaired) electrons. The van der Waals surface area contributed by atoms with Gasteiger partial charge in [-0.25, -0.2) is 0 Å². The maximum absolute atomic E-state index is 11.3. The van der Waals surface area contributed by atoms with E-state index in [2.05, 4.69) is 10.6 Å². The molecule has 0 aromatic heterocycles. The maximum Gasteiger partial charge on any atom is 0.262 e. The first kappa shape index (κ1) is 12.3. The Morgan fingerprint density at radius 1 is 1.25 bits per heavy atom. The Kier molecular flexibility index (Phi) is 2.95. The molecule has 1 aliphatic rings. The Morgan fingerprint density at radius 3 is 2.85 bits per heavy atom. The highest BCUT2D eigenvalue weighted by Gasteiger charge is 2.18. The molecule has 20 heavy (non-hydrogen) atoms. The average molecular weight is 269 g/mol. The first-order valence-electron chi connectivity index (χ1n) is 6.32. The molecule has 0 fully saturated rings. The molecule has 5 heteroatoms. The molecular formula is C15H15N3O2. The van der Waals surface area contributed by atoms with Crippen LogP contribution in [0.1, 0.15) is 5.56 Å². The standard InChI is InChI=1S/C15H15N3O2/c1-9-4-2-3-5-11(9)17-12-7-13-14(6-10(12)16)20-8-15(19)18-13/h2-7,17H,8,16H2,1H3,(H,18,19). The lowest BCUT2D eigenvalue weighted by molar-refractivity contribution is -0.118. The Bertz CT molecular complexity index is 683. The van der Waals surface area contributed by atoms with Gasteiger partial charge >= 0.3 is 0 Å². The van der Waals surface area contributed by atoms with Crippen molar-refractivity contribution in [1.29, 1.82) is 0 Å². The van der Waals surface area contributed by atoms with Gasteiger partial charge in [0.2, 0.25) is 0 Å². The number of hydrogen-bond acceptors (Lipinski definition) is 4. The van der Waals surface area contributed by atoms with Gasteiger partial charge in [-0.3, -0.25) is 4.79 Å². The molecule has 0 unspecified atom stereocenters. The van der Waals surface area contributed by atoms with Crippen LogP contribution >= 0.6 is 0 Å². The number of nitrogens with two attached hydrogens (primary N) is 1. The van der Waals surface area contributed by atoms with E-state index in [1.807, 2.05) is 31.2 Å². The van der Waals surface area contributed by atoms with Crippen LogP contribution in [0.2, 0.25) is 0 Å². The number of nitrogens with one attached hydrogen (secondary N) is 2. The Balaban J connectivity index is 1.96. The van der Waals surface area contributed by atoms with Crippen LogP contribution in [0.25, 0.3) is 0 Å². The number of para-hydroxylation sites is 1. The summed E-state index contributed by atoms with van der Waals surface area (Å²) in [6.07, 6.45) is 0. The van der Waals surface area contributed by atoms with Crippen molar-refractivity contribution in [2.75, 3.05) is 23.0 Å². The smallest absolute Gasteiger partial charge is 0.262 e. The molecule has 0 bridgehead atoms. The third-order valence-electron chi connectivity index (χ3n) is 3.20. The van der Waals surface area contributed by atoms with Gasteiger partial charge in [-0.15, -0.1) is 0 Å². The van der Waals surface area contributed by atoms with Crippen molar-refractivity contribution in [3.05, 3.63) is 42.0 Å². The summed E-state index contributed by atoms with van der Waals surface area (Å²) in [7, 11) is 0. The van der Waals surface area contributed by atoms with Gasteiger partial charge in [0.15, 0.2) is 6.61 Å². The largest absolute Gasteiger partial charge is 0.482 e. The minimum absolute atomic E-state index is 0.0248. The van der Waals surface area contributed by atoms with E-state index in [-0.39, 0.29) is 12.5 Å². The molecule has 4 N–H and O–H groups in total. The number of carbonyl (C=O) groups excluding carboxylic acids is 1. The van der Waals surface area contributed by atoms with Crippen molar-refractivity contribution >= 4 is 28.7 Å². The van der Waals surface area contributed by atoms with Gasteiger partial charge in [0.05, 0.1) is 17.1 Å². The fraction of sp³-hybridized carbons (Fsp3) is 0.133. The second-order valence-corrected chi connectivity index (χ2v) is 4.71. The number of carbonyl (C=O) groups is 1. The molecule has 0 atom stereocenters. The van der Waals surface area contributed by atoms with E-state index in [4.69, 9.17) is 10.5 Å². The molecule has 102 valence electrons. The number of fused-ring (bicyclic) bond motifs is 1. The number of benzene rings is 2. The van der Waals surface area contributed by atoms with E-state index in [9.17, 15) is 4.79 Å². The summed E-state index contributed by atoms with van der Waals surface area (Å²) in [5.74, 6) is 0.432. The SMILES string of the molecule is Cc1ccccc1Nc1cc2c(cc1N)OCC(=O)N2. The Morgan fingerprint density at radius 2 is 2.05 bits per heavy atom. The maximum atomic E-state index is 11.3. The first-order chi connectivity index (χ1) is 9.63. The van der Waals surface area contributed by atoms with E-state index < -0.39 is 0 Å². The summed E-state index contributed by atoms with van der Waals surface area (Å²) >= 11 is 0. The van der Waals surface area contributed by atoms with E-state index in [1.165, 1.54) is 0 Å². The third kappa shape index (κ3) is 2.25. The van der Waals surface area contributed by atoms with Gasteiger partial charge < -0.3 is 21.1 Å². The van der Waals surface area contributed by atoms with Crippen LogP contribution < -0.4 is 21.1 Å². The third-order valence-corrected chi connectivity index (χ3v) is 3.20. The molecule has 5 nitrogen and oxygen atoms in total. The summed E-state index contributed by atoms with van der Waals surface area (Å²) in [6, 6.07) is 11.4. The molecule has 2 aromatic rings. The molecule has 1 amide bonds. The summed E-state index contributed by atoms with van der Waals surface area (Å²) in [5.41, 5.74) is 10.1.